The molecule has 0 fully saturated rings. The summed E-state index contributed by atoms with van der Waals surface area (Å²) in [5, 5.41) is 4.50. The molecule has 1 aromatic carbocycles. The van der Waals surface area contributed by atoms with Gasteiger partial charge in [0.2, 0.25) is 0 Å². The molecular weight excluding hydrogens is 254 g/mol. The van der Waals surface area contributed by atoms with Gasteiger partial charge in [-0.25, -0.2) is 4.98 Å². The van der Waals surface area contributed by atoms with Gasteiger partial charge in [-0.3, -0.25) is 0 Å². The van der Waals surface area contributed by atoms with Gasteiger partial charge in [0.1, 0.15) is 0 Å². The summed E-state index contributed by atoms with van der Waals surface area (Å²) in [5.41, 5.74) is 2.59. The van der Waals surface area contributed by atoms with Crippen molar-refractivity contribution in [2.75, 3.05) is 32.5 Å². The lowest BCUT2D eigenvalue weighted by Gasteiger charge is -2.28. The molecule has 4 heteroatoms. The Bertz CT molecular complexity index is 558. The fourth-order valence-electron chi connectivity index (χ4n) is 2.34. The quantitative estimate of drug-likeness (QED) is 0.905. The van der Waals surface area contributed by atoms with E-state index in [-0.39, 0.29) is 5.41 Å². The van der Waals surface area contributed by atoms with E-state index in [4.69, 9.17) is 0 Å². The molecule has 2 aromatic rings. The van der Waals surface area contributed by atoms with Crippen LogP contribution in [-0.2, 0) is 0 Å². The highest BCUT2D eigenvalue weighted by molar-refractivity contribution is 7.22. The lowest BCUT2D eigenvalue weighted by molar-refractivity contribution is 0.254. The Labute approximate surface area is 119 Å². The van der Waals surface area contributed by atoms with E-state index in [0.29, 0.717) is 0 Å². The molecule has 0 atom stereocenters. The summed E-state index contributed by atoms with van der Waals surface area (Å²) in [7, 11) is 4.23. The average Bonchev–Trinajstić information content (AvgIpc) is 2.66. The van der Waals surface area contributed by atoms with Crippen molar-refractivity contribution in [2.45, 2.75) is 20.8 Å². The maximum absolute atomic E-state index is 4.65. The maximum Gasteiger partial charge on any atom is 0.183 e. The van der Waals surface area contributed by atoms with Gasteiger partial charge >= 0.3 is 0 Å². The number of hydrogen-bond donors (Lipinski definition) is 1. The molecule has 0 amide bonds. The van der Waals surface area contributed by atoms with Gasteiger partial charge in [-0.15, -0.1) is 0 Å². The third kappa shape index (κ3) is 3.91. The normalized spacial score (nSPS) is 12.3. The molecule has 0 aliphatic rings. The van der Waals surface area contributed by atoms with E-state index in [1.54, 1.807) is 11.3 Å². The molecule has 0 spiro atoms. The molecule has 0 aliphatic heterocycles. The SMILES string of the molecule is Cc1ccc2sc(NCC(C)(C)CN(C)C)nc2c1. The van der Waals surface area contributed by atoms with Crippen LogP contribution in [0.5, 0.6) is 0 Å². The van der Waals surface area contributed by atoms with Crippen molar-refractivity contribution in [1.29, 1.82) is 0 Å². The first-order valence-electron chi connectivity index (χ1n) is 6.61. The number of aryl methyl sites for hydroxylation is 1. The summed E-state index contributed by atoms with van der Waals surface area (Å²) in [5.74, 6) is 0. The first-order chi connectivity index (χ1) is 8.85. The Morgan fingerprint density at radius 3 is 2.74 bits per heavy atom. The molecule has 2 rings (SSSR count). The van der Waals surface area contributed by atoms with E-state index in [9.17, 15) is 0 Å². The Balaban J connectivity index is 2.05. The molecule has 104 valence electrons. The minimum atomic E-state index is 0.233. The van der Waals surface area contributed by atoms with Crippen molar-refractivity contribution >= 4 is 26.7 Å². The van der Waals surface area contributed by atoms with Gasteiger partial charge in [0.05, 0.1) is 10.2 Å². The van der Waals surface area contributed by atoms with Crippen LogP contribution in [0.1, 0.15) is 19.4 Å². The lowest BCUT2D eigenvalue weighted by atomic mass is 9.93. The van der Waals surface area contributed by atoms with Crippen molar-refractivity contribution in [3.05, 3.63) is 23.8 Å². The van der Waals surface area contributed by atoms with E-state index in [1.165, 1.54) is 10.3 Å². The number of rotatable bonds is 5. The molecular formula is C15H23N3S. The molecule has 1 aromatic heterocycles. The highest BCUT2D eigenvalue weighted by Crippen LogP contribution is 2.27. The largest absolute Gasteiger partial charge is 0.361 e. The van der Waals surface area contributed by atoms with E-state index >= 15 is 0 Å². The van der Waals surface area contributed by atoms with E-state index in [1.807, 2.05) is 0 Å². The van der Waals surface area contributed by atoms with Crippen LogP contribution in [0.4, 0.5) is 5.13 Å². The molecule has 0 unspecified atom stereocenters. The lowest BCUT2D eigenvalue weighted by Crippen LogP contribution is -2.34. The minimum Gasteiger partial charge on any atom is -0.361 e. The second-order valence-corrected chi connectivity index (χ2v) is 7.28. The van der Waals surface area contributed by atoms with Crippen molar-refractivity contribution in [1.82, 2.24) is 9.88 Å². The Morgan fingerprint density at radius 2 is 2.05 bits per heavy atom. The summed E-state index contributed by atoms with van der Waals surface area (Å²) in [4.78, 5) is 6.88. The Morgan fingerprint density at radius 1 is 1.32 bits per heavy atom. The first kappa shape index (κ1) is 14.3. The molecule has 0 saturated heterocycles. The van der Waals surface area contributed by atoms with Gasteiger partial charge in [0.15, 0.2) is 5.13 Å². The zero-order valence-corrected chi connectivity index (χ0v) is 13.3. The Hall–Kier alpha value is -1.13. The van der Waals surface area contributed by atoms with Gasteiger partial charge in [0.25, 0.3) is 0 Å². The van der Waals surface area contributed by atoms with Gasteiger partial charge in [-0.05, 0) is 44.1 Å². The number of thiazole rings is 1. The fourth-order valence-corrected chi connectivity index (χ4v) is 3.18. The summed E-state index contributed by atoms with van der Waals surface area (Å²) >= 11 is 1.73. The van der Waals surface area contributed by atoms with Crippen LogP contribution >= 0.6 is 11.3 Å². The Kier molecular flexibility index (Phi) is 4.11. The zero-order valence-electron chi connectivity index (χ0n) is 12.4. The van der Waals surface area contributed by atoms with Crippen molar-refractivity contribution < 1.29 is 0 Å². The zero-order chi connectivity index (χ0) is 14.0. The van der Waals surface area contributed by atoms with Gasteiger partial charge < -0.3 is 10.2 Å². The molecule has 3 nitrogen and oxygen atoms in total. The number of aromatic nitrogens is 1. The monoisotopic (exact) mass is 277 g/mol. The molecule has 1 N–H and O–H groups in total. The number of nitrogens with one attached hydrogen (secondary N) is 1. The average molecular weight is 277 g/mol. The number of anilines is 1. The number of hydrogen-bond acceptors (Lipinski definition) is 4. The molecule has 0 bridgehead atoms. The minimum absolute atomic E-state index is 0.233. The van der Waals surface area contributed by atoms with Crippen LogP contribution in [-0.4, -0.2) is 37.1 Å². The van der Waals surface area contributed by atoms with E-state index in [0.717, 1.165) is 23.7 Å². The summed E-state index contributed by atoms with van der Waals surface area (Å²) in [6.07, 6.45) is 0. The highest BCUT2D eigenvalue weighted by Gasteiger charge is 2.19. The summed E-state index contributed by atoms with van der Waals surface area (Å²) in [6, 6.07) is 6.43. The second kappa shape index (κ2) is 5.47. The van der Waals surface area contributed by atoms with Crippen LogP contribution in [0.15, 0.2) is 18.2 Å². The maximum atomic E-state index is 4.65. The smallest absolute Gasteiger partial charge is 0.183 e. The van der Waals surface area contributed by atoms with Crippen LogP contribution in [0.2, 0.25) is 0 Å². The van der Waals surface area contributed by atoms with Crippen molar-refractivity contribution in [3.63, 3.8) is 0 Å². The van der Waals surface area contributed by atoms with Crippen molar-refractivity contribution in [2.24, 2.45) is 5.41 Å². The second-order valence-electron chi connectivity index (χ2n) is 6.25. The predicted molar refractivity (Wildman–Crippen MR) is 85.2 cm³/mol. The summed E-state index contributed by atoms with van der Waals surface area (Å²) < 4.78 is 1.25. The molecule has 19 heavy (non-hydrogen) atoms. The molecule has 0 radical (unpaired) electrons. The highest BCUT2D eigenvalue weighted by atomic mass is 32.1. The van der Waals surface area contributed by atoms with E-state index < -0.39 is 0 Å². The van der Waals surface area contributed by atoms with Gasteiger partial charge in [-0.1, -0.05) is 31.3 Å². The van der Waals surface area contributed by atoms with Gasteiger partial charge in [-0.2, -0.15) is 0 Å². The molecule has 0 saturated carbocycles. The van der Waals surface area contributed by atoms with Crippen LogP contribution in [0.3, 0.4) is 0 Å². The van der Waals surface area contributed by atoms with Crippen LogP contribution in [0, 0.1) is 12.3 Å². The summed E-state index contributed by atoms with van der Waals surface area (Å²) in [6.45, 7) is 8.65. The van der Waals surface area contributed by atoms with Crippen molar-refractivity contribution in [3.8, 4) is 0 Å². The van der Waals surface area contributed by atoms with Crippen LogP contribution < -0.4 is 5.32 Å². The fraction of sp³-hybridized carbons (Fsp3) is 0.533. The van der Waals surface area contributed by atoms with Crippen LogP contribution in [0.25, 0.3) is 10.2 Å². The standard InChI is InChI=1S/C15H23N3S/c1-11-6-7-13-12(8-11)17-14(19-13)16-9-15(2,3)10-18(4)5/h6-8H,9-10H2,1-5H3,(H,16,17). The number of benzene rings is 1. The molecule has 0 aliphatic carbocycles. The topological polar surface area (TPSA) is 28.2 Å². The predicted octanol–water partition coefficient (Wildman–Crippen LogP) is 3.60. The number of nitrogens with zero attached hydrogens (tertiary/aromatic N) is 2. The van der Waals surface area contributed by atoms with E-state index in [2.05, 4.69) is 68.3 Å². The third-order valence-electron chi connectivity index (χ3n) is 3.01. The van der Waals surface area contributed by atoms with Gasteiger partial charge in [0, 0.05) is 13.1 Å². The number of fused-ring (bicyclic) bond motifs is 1. The third-order valence-corrected chi connectivity index (χ3v) is 4.00. The molecule has 1 heterocycles. The first-order valence-corrected chi connectivity index (χ1v) is 7.43.